The van der Waals surface area contributed by atoms with Crippen molar-refractivity contribution >= 4 is 18.5 Å². The minimum Gasteiger partial charge on any atom is -0.383 e. The number of amides is 1. The van der Waals surface area contributed by atoms with E-state index < -0.39 is 0 Å². The summed E-state index contributed by atoms with van der Waals surface area (Å²) in [5, 5.41) is 11.0. The number of nitrogens with one attached hydrogen (secondary N) is 1. The van der Waals surface area contributed by atoms with Gasteiger partial charge in [-0.15, -0.1) is 16.8 Å². The Balaban J connectivity index is 0. The summed E-state index contributed by atoms with van der Waals surface area (Å²) in [6.45, 7) is 10.5. The number of aryl methyl sites for hydroxylation is 1. The molecule has 1 aromatic carbocycles. The zero-order valence-electron chi connectivity index (χ0n) is 20.5. The van der Waals surface area contributed by atoms with E-state index in [-0.39, 0.29) is 5.91 Å². The molecule has 32 heavy (non-hydrogen) atoms. The molecule has 7 heteroatoms. The Hall–Kier alpha value is -2.38. The second-order valence-electron chi connectivity index (χ2n) is 6.39. The highest BCUT2D eigenvalue weighted by Crippen LogP contribution is 2.11. The predicted molar refractivity (Wildman–Crippen MR) is 140 cm³/mol. The van der Waals surface area contributed by atoms with Crippen LogP contribution in [0.5, 0.6) is 0 Å². The van der Waals surface area contributed by atoms with E-state index in [9.17, 15) is 4.79 Å². The summed E-state index contributed by atoms with van der Waals surface area (Å²) in [6, 6.07) is 10.0. The fraction of sp³-hybridized carbons (Fsp3) is 0.480. The lowest BCUT2D eigenvalue weighted by Gasteiger charge is -2.06. The number of rotatable bonds is 10. The maximum atomic E-state index is 11.6. The molecule has 1 amide bonds. The highest BCUT2D eigenvalue weighted by Gasteiger charge is 2.06. The van der Waals surface area contributed by atoms with Crippen molar-refractivity contribution in [3.63, 3.8) is 0 Å². The molecule has 180 valence electrons. The van der Waals surface area contributed by atoms with Crippen molar-refractivity contribution in [2.75, 3.05) is 26.5 Å². The molecule has 1 aromatic heterocycles. The van der Waals surface area contributed by atoms with Crippen LogP contribution in [0.25, 0.3) is 5.69 Å². The molecule has 0 saturated carbocycles. The molecule has 0 unspecified atom stereocenters. The molecule has 6 nitrogen and oxygen atoms in total. The van der Waals surface area contributed by atoms with Gasteiger partial charge in [0.05, 0.1) is 6.61 Å². The number of hydrogen-bond donors (Lipinski definition) is 2. The Morgan fingerprint density at radius 2 is 1.88 bits per heavy atom. The van der Waals surface area contributed by atoms with Gasteiger partial charge in [0.2, 0.25) is 5.91 Å². The van der Waals surface area contributed by atoms with E-state index in [1.165, 1.54) is 0 Å². The standard InChI is InChI=1S/C16H22N4O2.C5H10.C3H6.CH4S/c1-22-12-11-17-16(21)10-6-5-9-15-19-18-13-20(15)14-7-3-2-4-8-14;1-3-5-4-2;1-3-2;1-2/h2-4,7-8,13H,5-6,9-12H2,1H3,(H,17,21);3,5H,4H2,1-2H3;3H,1H2,2H3;2H,1H3/b;5-3+;;. The second-order valence-corrected chi connectivity index (χ2v) is 6.39. The first kappa shape index (κ1) is 31.8. The van der Waals surface area contributed by atoms with Crippen LogP contribution in [-0.2, 0) is 16.0 Å². The number of thiol groups is 1. The monoisotopic (exact) mass is 462 g/mol. The molecule has 0 aliphatic carbocycles. The summed E-state index contributed by atoms with van der Waals surface area (Å²) >= 11 is 3.53. The Bertz CT molecular complexity index is 703. The molecular weight excluding hydrogens is 420 g/mol. The van der Waals surface area contributed by atoms with Gasteiger partial charge in [-0.2, -0.15) is 12.6 Å². The summed E-state index contributed by atoms with van der Waals surface area (Å²) < 4.78 is 6.87. The van der Waals surface area contributed by atoms with Crippen LogP contribution < -0.4 is 5.32 Å². The van der Waals surface area contributed by atoms with Crippen molar-refractivity contribution in [3.8, 4) is 5.69 Å². The number of methoxy groups -OCH3 is 1. The molecule has 0 aliphatic heterocycles. The maximum absolute atomic E-state index is 11.6. The average molecular weight is 463 g/mol. The first-order valence-electron chi connectivity index (χ1n) is 11.0. The molecule has 0 saturated heterocycles. The SMILES string of the molecule is C/C=C/CC.C=CC.COCCNC(=O)CCCCc1nncn1-c1ccccc1.CS. The summed E-state index contributed by atoms with van der Waals surface area (Å²) in [7, 11) is 1.62. The summed E-state index contributed by atoms with van der Waals surface area (Å²) in [6.07, 6.45) is 13.6. The van der Waals surface area contributed by atoms with Gasteiger partial charge >= 0.3 is 0 Å². The molecule has 0 bridgehead atoms. The number of hydrogen-bond acceptors (Lipinski definition) is 5. The lowest BCUT2D eigenvalue weighted by molar-refractivity contribution is -0.121. The van der Waals surface area contributed by atoms with Crippen molar-refractivity contribution in [1.82, 2.24) is 20.1 Å². The van der Waals surface area contributed by atoms with Gasteiger partial charge < -0.3 is 10.1 Å². The number of aromatic nitrogens is 3. The molecule has 1 heterocycles. The van der Waals surface area contributed by atoms with Crippen molar-refractivity contribution in [3.05, 3.63) is 67.3 Å². The van der Waals surface area contributed by atoms with E-state index in [1.54, 1.807) is 25.8 Å². The van der Waals surface area contributed by atoms with Crippen LogP contribution in [-0.4, -0.2) is 47.2 Å². The molecule has 2 rings (SSSR count). The average Bonchev–Trinajstić information content (AvgIpc) is 3.29. The maximum Gasteiger partial charge on any atom is 0.220 e. The Labute approximate surface area is 200 Å². The quantitative estimate of drug-likeness (QED) is 0.280. The number of carbonyl (C=O) groups is 1. The molecule has 2 aromatic rings. The first-order valence-corrected chi connectivity index (χ1v) is 11.9. The topological polar surface area (TPSA) is 69.0 Å². The minimum atomic E-state index is 0.0709. The number of ether oxygens (including phenoxy) is 1. The number of para-hydroxylation sites is 1. The van der Waals surface area contributed by atoms with Gasteiger partial charge in [0.25, 0.3) is 0 Å². The van der Waals surface area contributed by atoms with E-state index >= 15 is 0 Å². The fourth-order valence-electron chi connectivity index (χ4n) is 2.42. The molecule has 0 atom stereocenters. The summed E-state index contributed by atoms with van der Waals surface area (Å²) in [5.41, 5.74) is 1.06. The largest absolute Gasteiger partial charge is 0.383 e. The number of benzene rings is 1. The van der Waals surface area contributed by atoms with Gasteiger partial charge in [-0.1, -0.05) is 43.4 Å². The van der Waals surface area contributed by atoms with Crippen molar-refractivity contribution in [2.24, 2.45) is 0 Å². The van der Waals surface area contributed by atoms with Gasteiger partial charge in [-0.3, -0.25) is 9.36 Å². The van der Waals surface area contributed by atoms with E-state index in [2.05, 4.69) is 53.8 Å². The highest BCUT2D eigenvalue weighted by molar-refractivity contribution is 7.79. The predicted octanol–water partition coefficient (Wildman–Crippen LogP) is 5.45. The van der Waals surface area contributed by atoms with Gasteiger partial charge in [0.1, 0.15) is 12.2 Å². The van der Waals surface area contributed by atoms with Gasteiger partial charge in [-0.25, -0.2) is 0 Å². The Morgan fingerprint density at radius 3 is 2.41 bits per heavy atom. The third kappa shape index (κ3) is 17.3. The molecule has 0 spiro atoms. The van der Waals surface area contributed by atoms with Crippen LogP contribution in [0.3, 0.4) is 0 Å². The van der Waals surface area contributed by atoms with Crippen LogP contribution in [0.15, 0.2) is 61.5 Å². The van der Waals surface area contributed by atoms with E-state index in [4.69, 9.17) is 4.74 Å². The zero-order valence-corrected chi connectivity index (χ0v) is 21.4. The number of carbonyl (C=O) groups excluding carboxylic acids is 1. The van der Waals surface area contributed by atoms with Crippen LogP contribution in [0.4, 0.5) is 0 Å². The number of allylic oxidation sites excluding steroid dienone is 3. The smallest absolute Gasteiger partial charge is 0.220 e. The molecular formula is C25H42N4O2S. The van der Waals surface area contributed by atoms with E-state index in [0.29, 0.717) is 19.6 Å². The van der Waals surface area contributed by atoms with Crippen LogP contribution in [0, 0.1) is 0 Å². The van der Waals surface area contributed by atoms with Crippen molar-refractivity contribution in [2.45, 2.75) is 52.9 Å². The van der Waals surface area contributed by atoms with Crippen molar-refractivity contribution < 1.29 is 9.53 Å². The van der Waals surface area contributed by atoms with Crippen LogP contribution >= 0.6 is 12.6 Å². The summed E-state index contributed by atoms with van der Waals surface area (Å²) in [5.74, 6) is 0.993. The molecule has 0 aliphatic rings. The summed E-state index contributed by atoms with van der Waals surface area (Å²) in [4.78, 5) is 11.6. The zero-order chi connectivity index (χ0) is 24.5. The number of unbranched alkanes of at least 4 members (excludes halogenated alkanes) is 1. The molecule has 0 radical (unpaired) electrons. The lowest BCUT2D eigenvalue weighted by Crippen LogP contribution is -2.26. The molecule has 1 N–H and O–H groups in total. The highest BCUT2D eigenvalue weighted by atomic mass is 32.1. The van der Waals surface area contributed by atoms with E-state index in [1.807, 2.05) is 48.7 Å². The van der Waals surface area contributed by atoms with Crippen LogP contribution in [0.2, 0.25) is 0 Å². The van der Waals surface area contributed by atoms with Crippen LogP contribution in [0.1, 0.15) is 52.3 Å². The third-order valence-corrected chi connectivity index (χ3v) is 3.81. The first-order chi connectivity index (χ1) is 15.6. The minimum absolute atomic E-state index is 0.0709. The Kier molecular flexibility index (Phi) is 24.7. The van der Waals surface area contributed by atoms with E-state index in [0.717, 1.165) is 37.2 Å². The van der Waals surface area contributed by atoms with Crippen molar-refractivity contribution in [1.29, 1.82) is 0 Å². The van der Waals surface area contributed by atoms with Gasteiger partial charge in [-0.05, 0) is 51.5 Å². The number of nitrogens with zero attached hydrogens (tertiary/aromatic N) is 3. The second kappa shape index (κ2) is 24.9. The Morgan fingerprint density at radius 1 is 1.22 bits per heavy atom. The van der Waals surface area contributed by atoms with Gasteiger partial charge in [0.15, 0.2) is 0 Å². The molecule has 0 fully saturated rings. The fourth-order valence-corrected chi connectivity index (χ4v) is 2.42. The van der Waals surface area contributed by atoms with Gasteiger partial charge in [0, 0.05) is 32.2 Å². The third-order valence-electron chi connectivity index (χ3n) is 3.81. The normalized spacial score (nSPS) is 9.44. The lowest BCUT2D eigenvalue weighted by atomic mass is 10.1.